The summed E-state index contributed by atoms with van der Waals surface area (Å²) in [7, 11) is 0. The lowest BCUT2D eigenvalue weighted by Gasteiger charge is -2.02. The molecule has 0 saturated carbocycles. The second kappa shape index (κ2) is 7.51. The highest BCUT2D eigenvalue weighted by Gasteiger charge is 2.08. The van der Waals surface area contributed by atoms with E-state index in [1.54, 1.807) is 34.4 Å². The molecule has 0 bridgehead atoms. The molecule has 0 spiro atoms. The zero-order chi connectivity index (χ0) is 17.1. The number of anilines is 2. The average Bonchev–Trinajstić information content (AvgIpc) is 3.26. The van der Waals surface area contributed by atoms with Gasteiger partial charge in [-0.2, -0.15) is 0 Å². The summed E-state index contributed by atoms with van der Waals surface area (Å²) in [6, 6.07) is 16.7. The third kappa shape index (κ3) is 4.00. The number of hydrogen-bond donors (Lipinski definition) is 1. The normalized spacial score (nSPS) is 11.1. The van der Waals surface area contributed by atoms with Gasteiger partial charge in [-0.1, -0.05) is 54.3 Å². The summed E-state index contributed by atoms with van der Waals surface area (Å²) < 4.78 is 2.18. The molecule has 0 aliphatic rings. The molecule has 2 aromatic heterocycles. The summed E-state index contributed by atoms with van der Waals surface area (Å²) in [5.74, 6) is 0.819. The van der Waals surface area contributed by atoms with Gasteiger partial charge in [0.1, 0.15) is 5.01 Å². The van der Waals surface area contributed by atoms with E-state index in [9.17, 15) is 0 Å². The van der Waals surface area contributed by atoms with Crippen LogP contribution < -0.4 is 5.32 Å². The van der Waals surface area contributed by atoms with E-state index in [-0.39, 0.29) is 0 Å². The van der Waals surface area contributed by atoms with Gasteiger partial charge in [0.05, 0.1) is 16.0 Å². The van der Waals surface area contributed by atoms with E-state index < -0.39 is 0 Å². The van der Waals surface area contributed by atoms with E-state index in [0.717, 1.165) is 37.9 Å². The monoisotopic (exact) mass is 384 g/mol. The standard InChI is InChI=1S/C18H16N4S3/c1-2-12-7-9-13(10-8-12)19-17-21-22-18(25-17)23-11-16-20-14-5-3-4-6-15(14)24-16/h3-10H,2,11H2,1H3,(H,19,21). The third-order valence-electron chi connectivity index (χ3n) is 3.68. The quantitative estimate of drug-likeness (QED) is 0.429. The molecule has 25 heavy (non-hydrogen) atoms. The van der Waals surface area contributed by atoms with Gasteiger partial charge in [0.15, 0.2) is 4.34 Å². The Morgan fingerprint density at radius 3 is 2.64 bits per heavy atom. The van der Waals surface area contributed by atoms with Crippen molar-refractivity contribution in [2.75, 3.05) is 5.32 Å². The maximum atomic E-state index is 4.66. The Kier molecular flexibility index (Phi) is 4.96. The van der Waals surface area contributed by atoms with Crippen LogP contribution in [0.1, 0.15) is 17.5 Å². The SMILES string of the molecule is CCc1ccc(Nc2nnc(SCc3nc4ccccc4s3)s2)cc1. The molecule has 7 heteroatoms. The molecule has 126 valence electrons. The van der Waals surface area contributed by atoms with Crippen molar-refractivity contribution in [3.8, 4) is 0 Å². The fraction of sp³-hybridized carbons (Fsp3) is 0.167. The van der Waals surface area contributed by atoms with E-state index in [2.05, 4.69) is 63.8 Å². The minimum Gasteiger partial charge on any atom is -0.330 e. The van der Waals surface area contributed by atoms with Gasteiger partial charge < -0.3 is 5.32 Å². The van der Waals surface area contributed by atoms with Crippen molar-refractivity contribution in [1.29, 1.82) is 0 Å². The minimum absolute atomic E-state index is 0.816. The van der Waals surface area contributed by atoms with Gasteiger partial charge in [0.25, 0.3) is 0 Å². The molecule has 0 aliphatic carbocycles. The van der Waals surface area contributed by atoms with Crippen LogP contribution in [0.4, 0.5) is 10.8 Å². The van der Waals surface area contributed by atoms with Crippen LogP contribution in [0, 0.1) is 0 Å². The molecule has 0 radical (unpaired) electrons. The maximum Gasteiger partial charge on any atom is 0.210 e. The summed E-state index contributed by atoms with van der Waals surface area (Å²) in [4.78, 5) is 4.66. The predicted octanol–water partition coefficient (Wildman–Crippen LogP) is 5.75. The number of nitrogens with zero attached hydrogens (tertiary/aromatic N) is 3. The predicted molar refractivity (Wildman–Crippen MR) is 108 cm³/mol. The Morgan fingerprint density at radius 1 is 1.00 bits per heavy atom. The van der Waals surface area contributed by atoms with Crippen molar-refractivity contribution >= 4 is 55.5 Å². The maximum absolute atomic E-state index is 4.66. The summed E-state index contributed by atoms with van der Waals surface area (Å²) in [6.07, 6.45) is 1.05. The number of aromatic nitrogens is 3. The second-order valence-electron chi connectivity index (χ2n) is 5.41. The molecule has 2 heterocycles. The van der Waals surface area contributed by atoms with Crippen LogP contribution in [0.15, 0.2) is 52.9 Å². The molecule has 0 aliphatic heterocycles. The molecule has 0 unspecified atom stereocenters. The van der Waals surface area contributed by atoms with E-state index in [1.165, 1.54) is 10.3 Å². The van der Waals surface area contributed by atoms with Crippen LogP contribution in [-0.4, -0.2) is 15.2 Å². The lowest BCUT2D eigenvalue weighted by Crippen LogP contribution is -1.89. The third-order valence-corrected chi connectivity index (χ3v) is 6.88. The zero-order valence-corrected chi connectivity index (χ0v) is 16.0. The first-order chi connectivity index (χ1) is 12.3. The number of thioether (sulfide) groups is 1. The van der Waals surface area contributed by atoms with E-state index in [1.807, 2.05) is 12.1 Å². The minimum atomic E-state index is 0.816. The highest BCUT2D eigenvalue weighted by Crippen LogP contribution is 2.32. The first-order valence-corrected chi connectivity index (χ1v) is 10.6. The topological polar surface area (TPSA) is 50.7 Å². The van der Waals surface area contributed by atoms with Gasteiger partial charge >= 0.3 is 0 Å². The van der Waals surface area contributed by atoms with Crippen molar-refractivity contribution in [1.82, 2.24) is 15.2 Å². The van der Waals surface area contributed by atoms with Gasteiger partial charge in [-0.15, -0.1) is 21.5 Å². The number of rotatable bonds is 6. The van der Waals surface area contributed by atoms with Crippen molar-refractivity contribution in [3.05, 3.63) is 59.1 Å². The molecule has 0 saturated heterocycles. The molecule has 0 fully saturated rings. The van der Waals surface area contributed by atoms with E-state index in [4.69, 9.17) is 0 Å². The smallest absolute Gasteiger partial charge is 0.210 e. The first-order valence-electron chi connectivity index (χ1n) is 7.97. The van der Waals surface area contributed by atoms with Crippen LogP contribution in [0.25, 0.3) is 10.2 Å². The van der Waals surface area contributed by atoms with Gasteiger partial charge in [-0.05, 0) is 36.2 Å². The number of thiazole rings is 1. The van der Waals surface area contributed by atoms with Crippen LogP contribution in [-0.2, 0) is 12.2 Å². The second-order valence-corrected chi connectivity index (χ2v) is 8.73. The van der Waals surface area contributed by atoms with Gasteiger partial charge in [-0.25, -0.2) is 4.98 Å². The molecule has 4 nitrogen and oxygen atoms in total. The Hall–Kier alpha value is -1.96. The summed E-state index contributed by atoms with van der Waals surface area (Å²) in [6.45, 7) is 2.15. The van der Waals surface area contributed by atoms with Crippen LogP contribution in [0.3, 0.4) is 0 Å². The number of benzene rings is 2. The lowest BCUT2D eigenvalue weighted by molar-refractivity contribution is 1.01. The fourth-order valence-corrected chi connectivity index (χ4v) is 5.10. The highest BCUT2D eigenvalue weighted by atomic mass is 32.2. The lowest BCUT2D eigenvalue weighted by atomic mass is 10.1. The molecular formula is C18H16N4S3. The molecule has 4 aromatic rings. The number of hydrogen-bond acceptors (Lipinski definition) is 7. The van der Waals surface area contributed by atoms with Gasteiger partial charge in [0, 0.05) is 5.69 Å². The van der Waals surface area contributed by atoms with Crippen molar-refractivity contribution in [2.45, 2.75) is 23.4 Å². The summed E-state index contributed by atoms with van der Waals surface area (Å²) in [5.41, 5.74) is 3.43. The van der Waals surface area contributed by atoms with Crippen molar-refractivity contribution < 1.29 is 0 Å². The molecule has 1 N–H and O–H groups in total. The molecule has 4 rings (SSSR count). The number of aryl methyl sites for hydroxylation is 1. The number of para-hydroxylation sites is 1. The van der Waals surface area contributed by atoms with E-state index >= 15 is 0 Å². The zero-order valence-electron chi connectivity index (χ0n) is 13.6. The number of nitrogens with one attached hydrogen (secondary N) is 1. The van der Waals surface area contributed by atoms with Crippen LogP contribution in [0.2, 0.25) is 0 Å². The van der Waals surface area contributed by atoms with Crippen LogP contribution in [0.5, 0.6) is 0 Å². The molecule has 0 atom stereocenters. The van der Waals surface area contributed by atoms with Crippen LogP contribution >= 0.6 is 34.4 Å². The summed E-state index contributed by atoms with van der Waals surface area (Å²) in [5, 5.41) is 13.7. The van der Waals surface area contributed by atoms with Crippen molar-refractivity contribution in [3.63, 3.8) is 0 Å². The van der Waals surface area contributed by atoms with Crippen molar-refractivity contribution in [2.24, 2.45) is 0 Å². The molecule has 0 amide bonds. The highest BCUT2D eigenvalue weighted by molar-refractivity contribution is 8.00. The largest absolute Gasteiger partial charge is 0.330 e. The molecular weight excluding hydrogens is 368 g/mol. The summed E-state index contributed by atoms with van der Waals surface area (Å²) >= 11 is 4.99. The first kappa shape index (κ1) is 16.5. The van der Waals surface area contributed by atoms with E-state index in [0.29, 0.717) is 0 Å². The number of fused-ring (bicyclic) bond motifs is 1. The van der Waals surface area contributed by atoms with Gasteiger partial charge in [0.2, 0.25) is 5.13 Å². The Morgan fingerprint density at radius 2 is 1.84 bits per heavy atom. The average molecular weight is 385 g/mol. The Labute approximate surface area is 158 Å². The Bertz CT molecular complexity index is 942. The molecule has 2 aromatic carbocycles. The Balaban J connectivity index is 1.38. The fourth-order valence-electron chi connectivity index (χ4n) is 2.37. The van der Waals surface area contributed by atoms with Gasteiger partial charge in [-0.3, -0.25) is 0 Å².